The molecule has 3 aromatic carbocycles. The fraction of sp³-hybridized carbons (Fsp3) is 0.633. The van der Waals surface area contributed by atoms with E-state index in [1.165, 1.54) is 42.4 Å². The first kappa shape index (κ1) is 49.2. The van der Waals surface area contributed by atoms with E-state index in [9.17, 15) is 5.11 Å². The van der Waals surface area contributed by atoms with E-state index in [4.69, 9.17) is 33.2 Å². The van der Waals surface area contributed by atoms with Gasteiger partial charge in [-0.2, -0.15) is 0 Å². The summed E-state index contributed by atoms with van der Waals surface area (Å²) in [7, 11) is 0. The van der Waals surface area contributed by atoms with E-state index in [2.05, 4.69) is 112 Å². The third kappa shape index (κ3) is 11.7. The molecular formula is C60H82O8. The molecule has 9 rings (SSSR count). The molecular weight excluding hydrogens is 849 g/mol. The summed E-state index contributed by atoms with van der Waals surface area (Å²) in [6, 6.07) is 27.2. The van der Waals surface area contributed by atoms with Crippen LogP contribution in [0.3, 0.4) is 0 Å². The fourth-order valence-corrected chi connectivity index (χ4v) is 13.1. The normalized spacial score (nSPS) is 30.7. The highest BCUT2D eigenvalue weighted by molar-refractivity contribution is 5.44. The average molecular weight is 931 g/mol. The molecule has 0 radical (unpaired) electrons. The van der Waals surface area contributed by atoms with Crippen molar-refractivity contribution < 1.29 is 38.3 Å². The van der Waals surface area contributed by atoms with Crippen molar-refractivity contribution in [3.05, 3.63) is 113 Å². The fourth-order valence-electron chi connectivity index (χ4n) is 13.1. The molecule has 3 saturated heterocycles. The monoisotopic (exact) mass is 931 g/mol. The molecule has 0 aromatic heterocycles. The minimum atomic E-state index is -0.157. The highest BCUT2D eigenvalue weighted by atomic mass is 16.7. The highest BCUT2D eigenvalue weighted by Crippen LogP contribution is 2.58. The minimum absolute atomic E-state index is 0.00699. The van der Waals surface area contributed by atoms with Crippen LogP contribution in [0, 0.1) is 23.2 Å². The molecule has 5 fully saturated rings. The summed E-state index contributed by atoms with van der Waals surface area (Å²) in [6.45, 7) is 9.92. The predicted molar refractivity (Wildman–Crippen MR) is 269 cm³/mol. The maximum Gasteiger partial charge on any atom is 0.199 e. The summed E-state index contributed by atoms with van der Waals surface area (Å²) in [5.74, 6) is 5.39. The van der Waals surface area contributed by atoms with Crippen molar-refractivity contribution in [2.45, 2.75) is 191 Å². The summed E-state index contributed by atoms with van der Waals surface area (Å²) in [5, 5.41) is 9.28. The third-order valence-corrected chi connectivity index (χ3v) is 17.4. The van der Waals surface area contributed by atoms with Gasteiger partial charge in [0.05, 0.1) is 25.9 Å². The molecule has 3 aromatic rings. The Balaban J connectivity index is 0.909. The second-order valence-electron chi connectivity index (χ2n) is 21.9. The maximum absolute atomic E-state index is 9.28. The Morgan fingerprint density at radius 2 is 1.07 bits per heavy atom. The van der Waals surface area contributed by atoms with Crippen LogP contribution in [-0.2, 0) is 29.8 Å². The van der Waals surface area contributed by atoms with Gasteiger partial charge in [-0.25, -0.2) is 0 Å². The quantitative estimate of drug-likeness (QED) is 0.126. The molecule has 0 spiro atoms. The second kappa shape index (κ2) is 22.9. The number of hydrogen-bond acceptors (Lipinski definition) is 8. The predicted octanol–water partition coefficient (Wildman–Crippen LogP) is 14.1. The number of benzene rings is 3. The van der Waals surface area contributed by atoms with Crippen LogP contribution in [0.4, 0.5) is 0 Å². The van der Waals surface area contributed by atoms with E-state index in [1.54, 1.807) is 0 Å². The lowest BCUT2D eigenvalue weighted by molar-refractivity contribution is -0.141. The number of hydrogen-bond donors (Lipinski definition) is 1. The number of rotatable bonds is 18. The number of aliphatic hydroxyl groups is 1. The molecule has 0 amide bonds. The highest BCUT2D eigenvalue weighted by Gasteiger charge is 2.49. The molecule has 5 unspecified atom stereocenters. The Morgan fingerprint density at radius 1 is 0.588 bits per heavy atom. The van der Waals surface area contributed by atoms with Crippen molar-refractivity contribution in [3.63, 3.8) is 0 Å². The first-order valence-electron chi connectivity index (χ1n) is 27.0. The average Bonchev–Trinajstić information content (AvgIpc) is 3.38. The molecule has 1 N–H and O–H groups in total. The van der Waals surface area contributed by atoms with Gasteiger partial charge < -0.3 is 38.3 Å². The van der Waals surface area contributed by atoms with Gasteiger partial charge in [-0.15, -0.1) is 0 Å². The van der Waals surface area contributed by atoms with Gasteiger partial charge in [-0.3, -0.25) is 0 Å². The van der Waals surface area contributed by atoms with Gasteiger partial charge in [0.1, 0.15) is 23.0 Å². The first-order chi connectivity index (χ1) is 33.2. The van der Waals surface area contributed by atoms with Crippen LogP contribution in [0.2, 0.25) is 0 Å². The molecule has 3 aliphatic heterocycles. The van der Waals surface area contributed by atoms with Crippen molar-refractivity contribution in [3.8, 4) is 17.2 Å². The summed E-state index contributed by atoms with van der Waals surface area (Å²) < 4.78 is 43.5. The van der Waals surface area contributed by atoms with Crippen LogP contribution in [0.5, 0.6) is 17.2 Å². The van der Waals surface area contributed by atoms with Gasteiger partial charge >= 0.3 is 0 Å². The Morgan fingerprint density at radius 3 is 1.57 bits per heavy atom. The number of ether oxygens (including phenoxy) is 7. The molecule has 3 aliphatic carbocycles. The maximum atomic E-state index is 9.28. The third-order valence-electron chi connectivity index (χ3n) is 17.4. The molecule has 2 saturated carbocycles. The number of unbranched alkanes of at least 4 members (excludes halogenated alkanes) is 1. The van der Waals surface area contributed by atoms with Crippen molar-refractivity contribution in [1.82, 2.24) is 0 Å². The summed E-state index contributed by atoms with van der Waals surface area (Å²) >= 11 is 0. The van der Waals surface area contributed by atoms with Crippen LogP contribution in [0.15, 0.2) is 96.8 Å². The molecule has 0 bridgehead atoms. The topological polar surface area (TPSA) is 84.8 Å². The van der Waals surface area contributed by atoms with E-state index < -0.39 is 0 Å². The van der Waals surface area contributed by atoms with E-state index in [1.807, 2.05) is 0 Å². The van der Waals surface area contributed by atoms with Gasteiger partial charge in [0, 0.05) is 43.1 Å². The Labute approximate surface area is 408 Å². The van der Waals surface area contributed by atoms with Gasteiger partial charge in [0.15, 0.2) is 18.9 Å². The zero-order valence-corrected chi connectivity index (χ0v) is 41.7. The van der Waals surface area contributed by atoms with Crippen molar-refractivity contribution in [2.24, 2.45) is 23.2 Å². The van der Waals surface area contributed by atoms with Crippen LogP contribution >= 0.6 is 0 Å². The van der Waals surface area contributed by atoms with E-state index in [-0.39, 0.29) is 47.8 Å². The van der Waals surface area contributed by atoms with E-state index in [0.717, 1.165) is 152 Å². The van der Waals surface area contributed by atoms with Crippen molar-refractivity contribution in [2.75, 3.05) is 26.4 Å². The second-order valence-corrected chi connectivity index (χ2v) is 21.9. The first-order valence-corrected chi connectivity index (χ1v) is 27.0. The molecule has 3 heterocycles. The summed E-state index contributed by atoms with van der Waals surface area (Å²) in [6.07, 6.45) is 29.2. The van der Waals surface area contributed by atoms with Crippen LogP contribution in [0.1, 0.15) is 172 Å². The summed E-state index contributed by atoms with van der Waals surface area (Å²) in [5.41, 5.74) is 4.28. The van der Waals surface area contributed by atoms with Crippen LogP contribution < -0.4 is 14.2 Å². The van der Waals surface area contributed by atoms with Crippen molar-refractivity contribution >= 4 is 0 Å². The van der Waals surface area contributed by atoms with Crippen molar-refractivity contribution in [1.29, 1.82) is 0 Å². The summed E-state index contributed by atoms with van der Waals surface area (Å²) in [4.78, 5) is 0. The molecule has 5 atom stereocenters. The van der Waals surface area contributed by atoms with Crippen LogP contribution in [0.25, 0.3) is 0 Å². The van der Waals surface area contributed by atoms with Gasteiger partial charge in [0.2, 0.25) is 0 Å². The molecule has 370 valence electrons. The van der Waals surface area contributed by atoms with Gasteiger partial charge in [-0.05, 0) is 198 Å². The molecule has 68 heavy (non-hydrogen) atoms. The largest absolute Gasteiger partial charge is 0.491 e. The number of aliphatic hydroxyl groups excluding tert-OH is 1. The minimum Gasteiger partial charge on any atom is -0.491 e. The van der Waals surface area contributed by atoms with Gasteiger partial charge in [0.25, 0.3) is 0 Å². The van der Waals surface area contributed by atoms with Gasteiger partial charge in [-0.1, -0.05) is 62.4 Å². The van der Waals surface area contributed by atoms with Crippen LogP contribution in [-0.4, -0.2) is 56.5 Å². The molecule has 8 nitrogen and oxygen atoms in total. The zero-order chi connectivity index (χ0) is 46.8. The Hall–Kier alpha value is -3.82. The Bertz CT molecular complexity index is 2040. The lowest BCUT2D eigenvalue weighted by Gasteiger charge is -2.53. The SMILES string of the molecule is CC(CCCCO)Oc1ccc(C2(c3ccc(OC4CCCCO4)cc3)CCC(C(C)(C)C3CCC(c4ccc(OC5CCCCO5)cc4)(C4C=CC=C(OC5CCCCO5)C4)CC3)CC2)cc1. The standard InChI is InChI=1S/C60H82O8/c1-44(13-4-8-39-61)65-51-25-19-47(20-26-51)59(48-21-27-52(28-22-48)66-55-16-5-9-40-62-55)35-31-45(32-36-59)58(2,3)46-33-37-60(38-34-46,49-23-29-53(30-24-49)67-56-17-6-10-41-63-56)50-14-12-15-54(43-50)68-57-18-7-11-42-64-57/h12,14-15,19-30,44-46,50,55-57,61H,4-11,13,16-18,31-43H2,1-3H3. The Kier molecular flexibility index (Phi) is 16.6. The van der Waals surface area contributed by atoms with E-state index in [0.29, 0.717) is 17.8 Å². The lowest BCUT2D eigenvalue weighted by atomic mass is 9.52. The number of allylic oxidation sites excluding steroid dienone is 4. The zero-order valence-electron chi connectivity index (χ0n) is 41.7. The smallest absolute Gasteiger partial charge is 0.199 e. The lowest BCUT2D eigenvalue weighted by Crippen LogP contribution is -2.45. The molecule has 6 aliphatic rings. The van der Waals surface area contributed by atoms with E-state index >= 15 is 0 Å². The molecule has 8 heteroatoms.